The van der Waals surface area contributed by atoms with E-state index in [9.17, 15) is 4.79 Å². The van der Waals surface area contributed by atoms with E-state index in [1.165, 1.54) is 0 Å². The first-order valence-electron chi connectivity index (χ1n) is 6.90. The van der Waals surface area contributed by atoms with Crippen LogP contribution < -0.4 is 15.5 Å². The molecular formula is C16H17N3OS. The van der Waals surface area contributed by atoms with Crippen molar-refractivity contribution in [2.75, 3.05) is 25.0 Å². The number of nitrogens with one attached hydrogen (secondary N) is 2. The van der Waals surface area contributed by atoms with E-state index >= 15 is 0 Å². The van der Waals surface area contributed by atoms with E-state index in [4.69, 9.17) is 0 Å². The van der Waals surface area contributed by atoms with Gasteiger partial charge in [-0.15, -0.1) is 0 Å². The van der Waals surface area contributed by atoms with Crippen molar-refractivity contribution in [2.24, 2.45) is 0 Å². The van der Waals surface area contributed by atoms with Crippen LogP contribution in [0, 0.1) is 0 Å². The smallest absolute Gasteiger partial charge is 0.326 e. The highest BCUT2D eigenvalue weighted by atomic mass is 32.2. The quantitative estimate of drug-likeness (QED) is 0.855. The molecule has 2 aromatic carbocycles. The molecule has 0 aliphatic carbocycles. The highest BCUT2D eigenvalue weighted by Crippen LogP contribution is 2.47. The van der Waals surface area contributed by atoms with Gasteiger partial charge in [0.25, 0.3) is 0 Å². The molecule has 1 heterocycles. The molecule has 0 aromatic heterocycles. The maximum atomic E-state index is 12.6. The lowest BCUT2D eigenvalue weighted by molar-refractivity contribution is 0.248. The van der Waals surface area contributed by atoms with Gasteiger partial charge in [-0.25, -0.2) is 4.79 Å². The van der Waals surface area contributed by atoms with Gasteiger partial charge in [0.2, 0.25) is 0 Å². The van der Waals surface area contributed by atoms with Crippen molar-refractivity contribution in [3.05, 3.63) is 48.5 Å². The Kier molecular flexibility index (Phi) is 4.13. The minimum Gasteiger partial charge on any atom is -0.336 e. The van der Waals surface area contributed by atoms with Crippen molar-refractivity contribution < 1.29 is 4.79 Å². The molecule has 108 valence electrons. The number of benzene rings is 2. The first-order chi connectivity index (χ1) is 10.3. The fourth-order valence-corrected chi connectivity index (χ4v) is 3.35. The lowest BCUT2D eigenvalue weighted by Gasteiger charge is -2.31. The van der Waals surface area contributed by atoms with Crippen molar-refractivity contribution in [1.82, 2.24) is 10.6 Å². The molecule has 5 heteroatoms. The molecule has 1 aliphatic rings. The van der Waals surface area contributed by atoms with Crippen LogP contribution in [0.4, 0.5) is 16.2 Å². The molecule has 4 nitrogen and oxygen atoms in total. The highest BCUT2D eigenvalue weighted by molar-refractivity contribution is 7.99. The number of carbonyl (C=O) groups is 1. The van der Waals surface area contributed by atoms with Gasteiger partial charge in [-0.2, -0.15) is 0 Å². The number of carbonyl (C=O) groups excluding carboxylic acids is 1. The van der Waals surface area contributed by atoms with Crippen molar-refractivity contribution in [2.45, 2.75) is 9.79 Å². The SMILES string of the molecule is CNCCNC(=O)N1c2ccccc2Sc2ccccc21. The summed E-state index contributed by atoms with van der Waals surface area (Å²) in [6, 6.07) is 15.9. The Morgan fingerprint density at radius 1 is 1.00 bits per heavy atom. The minimum atomic E-state index is -0.0922. The second-order valence-electron chi connectivity index (χ2n) is 4.71. The van der Waals surface area contributed by atoms with Crippen LogP contribution in [0.2, 0.25) is 0 Å². The zero-order valence-corrected chi connectivity index (χ0v) is 12.6. The molecule has 3 rings (SSSR count). The standard InChI is InChI=1S/C16H17N3OS/c1-17-10-11-18-16(20)19-12-6-2-4-8-14(12)21-15-9-5-3-7-13(15)19/h2-9,17H,10-11H2,1H3,(H,18,20). The van der Waals surface area contributed by atoms with Crippen LogP contribution in [0.1, 0.15) is 0 Å². The number of amides is 2. The minimum absolute atomic E-state index is 0.0922. The van der Waals surface area contributed by atoms with Crippen LogP contribution >= 0.6 is 11.8 Å². The average molecular weight is 299 g/mol. The maximum absolute atomic E-state index is 12.6. The van der Waals surface area contributed by atoms with Crippen molar-refractivity contribution in [3.8, 4) is 0 Å². The summed E-state index contributed by atoms with van der Waals surface area (Å²) in [6.45, 7) is 1.35. The number of hydrogen-bond donors (Lipinski definition) is 2. The molecule has 21 heavy (non-hydrogen) atoms. The Labute approximate surface area is 128 Å². The molecule has 0 fully saturated rings. The van der Waals surface area contributed by atoms with Crippen molar-refractivity contribution >= 4 is 29.2 Å². The average Bonchev–Trinajstić information content (AvgIpc) is 2.52. The number of hydrogen-bond acceptors (Lipinski definition) is 3. The summed E-state index contributed by atoms with van der Waals surface area (Å²) in [6.07, 6.45) is 0. The van der Waals surface area contributed by atoms with Gasteiger partial charge in [-0.05, 0) is 31.3 Å². The van der Waals surface area contributed by atoms with Gasteiger partial charge in [0.15, 0.2) is 0 Å². The topological polar surface area (TPSA) is 44.4 Å². The third-order valence-corrected chi connectivity index (χ3v) is 4.42. The zero-order valence-electron chi connectivity index (χ0n) is 11.8. The van der Waals surface area contributed by atoms with E-state index in [1.807, 2.05) is 55.6 Å². The summed E-state index contributed by atoms with van der Waals surface area (Å²) in [5, 5.41) is 5.98. The third kappa shape index (κ3) is 2.75. The fraction of sp³-hybridized carbons (Fsp3) is 0.188. The number of rotatable bonds is 3. The maximum Gasteiger partial charge on any atom is 0.326 e. The zero-order chi connectivity index (χ0) is 14.7. The number of urea groups is 1. The largest absolute Gasteiger partial charge is 0.336 e. The predicted octanol–water partition coefficient (Wildman–Crippen LogP) is 3.22. The van der Waals surface area contributed by atoms with Gasteiger partial charge in [-0.1, -0.05) is 36.0 Å². The molecule has 2 amide bonds. The summed E-state index contributed by atoms with van der Waals surface area (Å²) >= 11 is 1.70. The van der Waals surface area contributed by atoms with E-state index in [0.29, 0.717) is 6.54 Å². The number of anilines is 2. The number of para-hydroxylation sites is 2. The van der Waals surface area contributed by atoms with Crippen molar-refractivity contribution in [1.29, 1.82) is 0 Å². The van der Waals surface area contributed by atoms with Crippen molar-refractivity contribution in [3.63, 3.8) is 0 Å². The van der Waals surface area contributed by atoms with E-state index < -0.39 is 0 Å². The van der Waals surface area contributed by atoms with Gasteiger partial charge in [0, 0.05) is 22.9 Å². The molecular weight excluding hydrogens is 282 g/mol. The van der Waals surface area contributed by atoms with Gasteiger partial charge in [-0.3, -0.25) is 4.90 Å². The fourth-order valence-electron chi connectivity index (χ4n) is 2.30. The lowest BCUT2D eigenvalue weighted by Crippen LogP contribution is -2.40. The Hall–Kier alpha value is -1.98. The number of likely N-dealkylation sites (N-methyl/N-ethyl adjacent to an activating group) is 1. The Morgan fingerprint density at radius 2 is 1.57 bits per heavy atom. The molecule has 0 atom stereocenters. The Balaban J connectivity index is 1.96. The number of nitrogens with zero attached hydrogens (tertiary/aromatic N) is 1. The third-order valence-electron chi connectivity index (χ3n) is 3.29. The van der Waals surface area contributed by atoms with Gasteiger partial charge < -0.3 is 10.6 Å². The van der Waals surface area contributed by atoms with E-state index in [0.717, 1.165) is 27.7 Å². The van der Waals surface area contributed by atoms with Crippen LogP contribution in [-0.2, 0) is 0 Å². The summed E-state index contributed by atoms with van der Waals surface area (Å²) in [7, 11) is 1.87. The normalized spacial score (nSPS) is 12.5. The monoisotopic (exact) mass is 299 g/mol. The molecule has 0 saturated carbocycles. The second-order valence-corrected chi connectivity index (χ2v) is 5.79. The molecule has 0 bridgehead atoms. The molecule has 0 saturated heterocycles. The van der Waals surface area contributed by atoms with Crippen LogP contribution in [0.3, 0.4) is 0 Å². The Bertz CT molecular complexity index is 614. The molecule has 0 spiro atoms. The molecule has 0 unspecified atom stereocenters. The first-order valence-corrected chi connectivity index (χ1v) is 7.71. The molecule has 2 aromatic rings. The predicted molar refractivity (Wildman–Crippen MR) is 86.5 cm³/mol. The molecule has 1 aliphatic heterocycles. The van der Waals surface area contributed by atoms with Crippen LogP contribution in [-0.4, -0.2) is 26.2 Å². The van der Waals surface area contributed by atoms with Crippen LogP contribution in [0.5, 0.6) is 0 Å². The Morgan fingerprint density at radius 3 is 2.14 bits per heavy atom. The lowest BCUT2D eigenvalue weighted by atomic mass is 10.2. The van der Waals surface area contributed by atoms with Crippen LogP contribution in [0.25, 0.3) is 0 Å². The molecule has 0 radical (unpaired) electrons. The molecule has 2 N–H and O–H groups in total. The van der Waals surface area contributed by atoms with Gasteiger partial charge >= 0.3 is 6.03 Å². The summed E-state index contributed by atoms with van der Waals surface area (Å²) in [5.41, 5.74) is 1.87. The first kappa shape index (κ1) is 14.0. The van der Waals surface area contributed by atoms with Crippen LogP contribution in [0.15, 0.2) is 58.3 Å². The van der Waals surface area contributed by atoms with Gasteiger partial charge in [0.05, 0.1) is 11.4 Å². The number of fused-ring (bicyclic) bond motifs is 2. The second kappa shape index (κ2) is 6.20. The van der Waals surface area contributed by atoms with E-state index in [-0.39, 0.29) is 6.03 Å². The van der Waals surface area contributed by atoms with E-state index in [2.05, 4.69) is 10.6 Å². The van der Waals surface area contributed by atoms with E-state index in [1.54, 1.807) is 16.7 Å². The summed E-state index contributed by atoms with van der Waals surface area (Å²) in [4.78, 5) is 16.5. The van der Waals surface area contributed by atoms with Gasteiger partial charge in [0.1, 0.15) is 0 Å². The highest BCUT2D eigenvalue weighted by Gasteiger charge is 2.27. The summed E-state index contributed by atoms with van der Waals surface area (Å²) in [5.74, 6) is 0. The summed E-state index contributed by atoms with van der Waals surface area (Å²) < 4.78 is 0.